The maximum atomic E-state index is 9.72. The summed E-state index contributed by atoms with van der Waals surface area (Å²) in [5.41, 5.74) is 2.32. The lowest BCUT2D eigenvalue weighted by Gasteiger charge is -2.11. The molecule has 0 fully saturated rings. The number of phenolic OH excluding ortho intramolecular Hbond substituents is 1. The lowest BCUT2D eigenvalue weighted by molar-refractivity contribution is 0.469. The number of hydrogen-bond acceptors (Lipinski definition) is 3. The standard InChI is InChI=1S/C13H12Cl2N2O/c1-8-11(5-6-13(15)17-8)16-7-9-10(14)3-2-4-12(9)18/h2-6,16,18H,7H2,1H3. The van der Waals surface area contributed by atoms with E-state index < -0.39 is 0 Å². The van der Waals surface area contributed by atoms with Gasteiger partial charge in [-0.3, -0.25) is 0 Å². The normalized spacial score (nSPS) is 10.4. The predicted molar refractivity (Wildman–Crippen MR) is 74.4 cm³/mol. The number of halogens is 2. The van der Waals surface area contributed by atoms with Gasteiger partial charge in [0, 0.05) is 17.1 Å². The third kappa shape index (κ3) is 2.86. The molecule has 5 heteroatoms. The zero-order chi connectivity index (χ0) is 13.1. The summed E-state index contributed by atoms with van der Waals surface area (Å²) < 4.78 is 0. The van der Waals surface area contributed by atoms with Crippen LogP contribution in [-0.2, 0) is 6.54 Å². The number of benzene rings is 1. The molecule has 2 rings (SSSR count). The summed E-state index contributed by atoms with van der Waals surface area (Å²) in [7, 11) is 0. The molecule has 0 bridgehead atoms. The smallest absolute Gasteiger partial charge is 0.129 e. The number of nitrogens with zero attached hydrogens (tertiary/aromatic N) is 1. The van der Waals surface area contributed by atoms with Gasteiger partial charge in [0.05, 0.1) is 11.4 Å². The molecule has 1 aromatic carbocycles. The number of pyridine rings is 1. The van der Waals surface area contributed by atoms with Crippen molar-refractivity contribution in [2.45, 2.75) is 13.5 Å². The van der Waals surface area contributed by atoms with Gasteiger partial charge < -0.3 is 10.4 Å². The van der Waals surface area contributed by atoms with Crippen molar-refractivity contribution in [1.82, 2.24) is 4.98 Å². The minimum absolute atomic E-state index is 0.176. The maximum Gasteiger partial charge on any atom is 0.129 e. The molecule has 0 radical (unpaired) electrons. The van der Waals surface area contributed by atoms with Crippen molar-refractivity contribution in [2.24, 2.45) is 0 Å². The summed E-state index contributed by atoms with van der Waals surface area (Å²) in [4.78, 5) is 4.14. The highest BCUT2D eigenvalue weighted by atomic mass is 35.5. The fourth-order valence-corrected chi connectivity index (χ4v) is 2.05. The highest BCUT2D eigenvalue weighted by Crippen LogP contribution is 2.26. The van der Waals surface area contributed by atoms with E-state index in [-0.39, 0.29) is 5.75 Å². The van der Waals surface area contributed by atoms with Crippen LogP contribution < -0.4 is 5.32 Å². The summed E-state index contributed by atoms with van der Waals surface area (Å²) in [6.45, 7) is 2.29. The van der Waals surface area contributed by atoms with E-state index in [0.29, 0.717) is 22.3 Å². The molecular formula is C13H12Cl2N2O. The first-order valence-corrected chi connectivity index (χ1v) is 6.17. The van der Waals surface area contributed by atoms with E-state index in [9.17, 15) is 5.11 Å². The molecule has 0 saturated heterocycles. The van der Waals surface area contributed by atoms with Crippen LogP contribution in [0.4, 0.5) is 5.69 Å². The molecule has 0 atom stereocenters. The Hall–Kier alpha value is -1.45. The molecule has 0 unspecified atom stereocenters. The minimum Gasteiger partial charge on any atom is -0.508 e. The fourth-order valence-electron chi connectivity index (χ4n) is 1.62. The summed E-state index contributed by atoms with van der Waals surface area (Å²) in [6, 6.07) is 8.61. The zero-order valence-electron chi connectivity index (χ0n) is 9.74. The summed E-state index contributed by atoms with van der Waals surface area (Å²) in [5, 5.41) is 13.9. The Morgan fingerprint density at radius 2 is 2.00 bits per heavy atom. The predicted octanol–water partition coefficient (Wildman–Crippen LogP) is 4.01. The Morgan fingerprint density at radius 1 is 1.22 bits per heavy atom. The van der Waals surface area contributed by atoms with E-state index in [0.717, 1.165) is 11.4 Å². The molecule has 0 aliphatic heterocycles. The monoisotopic (exact) mass is 282 g/mol. The first kappa shape index (κ1) is 13.0. The number of aromatic hydroxyl groups is 1. The number of hydrogen-bond donors (Lipinski definition) is 2. The van der Waals surface area contributed by atoms with Crippen molar-refractivity contribution in [2.75, 3.05) is 5.32 Å². The van der Waals surface area contributed by atoms with Crippen LogP contribution in [0.5, 0.6) is 5.75 Å². The molecule has 0 aliphatic carbocycles. The van der Waals surface area contributed by atoms with Gasteiger partial charge in [0.15, 0.2) is 0 Å². The second-order valence-corrected chi connectivity index (χ2v) is 4.65. The molecule has 1 heterocycles. The number of anilines is 1. The summed E-state index contributed by atoms with van der Waals surface area (Å²) >= 11 is 11.8. The van der Waals surface area contributed by atoms with Crippen molar-refractivity contribution in [3.63, 3.8) is 0 Å². The van der Waals surface area contributed by atoms with Gasteiger partial charge in [-0.25, -0.2) is 4.98 Å². The molecule has 2 N–H and O–H groups in total. The molecular weight excluding hydrogens is 271 g/mol. The molecule has 3 nitrogen and oxygen atoms in total. The van der Waals surface area contributed by atoms with Gasteiger partial charge in [-0.15, -0.1) is 0 Å². The minimum atomic E-state index is 0.176. The van der Waals surface area contributed by atoms with Crippen molar-refractivity contribution in [3.05, 3.63) is 51.8 Å². The summed E-state index contributed by atoms with van der Waals surface area (Å²) in [6.07, 6.45) is 0. The van der Waals surface area contributed by atoms with E-state index in [1.165, 1.54) is 0 Å². The third-order valence-electron chi connectivity index (χ3n) is 2.60. The summed E-state index contributed by atoms with van der Waals surface area (Å²) in [5.74, 6) is 0.176. The fraction of sp³-hybridized carbons (Fsp3) is 0.154. The van der Waals surface area contributed by atoms with Gasteiger partial charge in [-0.2, -0.15) is 0 Å². The van der Waals surface area contributed by atoms with Gasteiger partial charge >= 0.3 is 0 Å². The second kappa shape index (κ2) is 5.46. The Morgan fingerprint density at radius 3 is 2.67 bits per heavy atom. The van der Waals surface area contributed by atoms with Crippen LogP contribution >= 0.6 is 23.2 Å². The van der Waals surface area contributed by atoms with Crippen LogP contribution in [0, 0.1) is 6.92 Å². The quantitative estimate of drug-likeness (QED) is 0.836. The molecule has 0 saturated carbocycles. The van der Waals surface area contributed by atoms with Crippen molar-refractivity contribution in [3.8, 4) is 5.75 Å². The van der Waals surface area contributed by atoms with Crippen LogP contribution in [0.3, 0.4) is 0 Å². The van der Waals surface area contributed by atoms with Crippen LogP contribution in [0.15, 0.2) is 30.3 Å². The van der Waals surface area contributed by atoms with E-state index in [4.69, 9.17) is 23.2 Å². The average molecular weight is 283 g/mol. The molecule has 18 heavy (non-hydrogen) atoms. The number of nitrogens with one attached hydrogen (secondary N) is 1. The lowest BCUT2D eigenvalue weighted by atomic mass is 10.2. The first-order chi connectivity index (χ1) is 8.58. The van der Waals surface area contributed by atoms with Crippen molar-refractivity contribution in [1.29, 1.82) is 0 Å². The Balaban J connectivity index is 2.16. The van der Waals surface area contributed by atoms with Crippen LogP contribution in [-0.4, -0.2) is 10.1 Å². The van der Waals surface area contributed by atoms with Gasteiger partial charge in [0.25, 0.3) is 0 Å². The highest BCUT2D eigenvalue weighted by molar-refractivity contribution is 6.31. The maximum absolute atomic E-state index is 9.72. The average Bonchev–Trinajstić information content (AvgIpc) is 2.31. The molecule has 0 aliphatic rings. The van der Waals surface area contributed by atoms with Crippen LogP contribution in [0.25, 0.3) is 0 Å². The van der Waals surface area contributed by atoms with Crippen LogP contribution in [0.1, 0.15) is 11.3 Å². The number of aryl methyl sites for hydroxylation is 1. The second-order valence-electron chi connectivity index (χ2n) is 3.86. The first-order valence-electron chi connectivity index (χ1n) is 5.41. The van der Waals surface area contributed by atoms with Crippen LogP contribution in [0.2, 0.25) is 10.2 Å². The number of aromatic nitrogens is 1. The van der Waals surface area contributed by atoms with Gasteiger partial charge in [-0.1, -0.05) is 29.3 Å². The third-order valence-corrected chi connectivity index (χ3v) is 3.17. The molecule has 1 aromatic heterocycles. The molecule has 94 valence electrons. The molecule has 0 amide bonds. The Kier molecular flexibility index (Phi) is 3.94. The highest BCUT2D eigenvalue weighted by Gasteiger charge is 2.07. The molecule has 2 aromatic rings. The van der Waals surface area contributed by atoms with Gasteiger partial charge in [0.2, 0.25) is 0 Å². The van der Waals surface area contributed by atoms with Crippen molar-refractivity contribution < 1.29 is 5.11 Å². The molecule has 0 spiro atoms. The van der Waals surface area contributed by atoms with Crippen molar-refractivity contribution >= 4 is 28.9 Å². The Labute approximate surface area is 115 Å². The van der Waals surface area contributed by atoms with Gasteiger partial charge in [0.1, 0.15) is 10.9 Å². The zero-order valence-corrected chi connectivity index (χ0v) is 11.3. The SMILES string of the molecule is Cc1nc(Cl)ccc1NCc1c(O)cccc1Cl. The number of rotatable bonds is 3. The van der Waals surface area contributed by atoms with E-state index in [2.05, 4.69) is 10.3 Å². The lowest BCUT2D eigenvalue weighted by Crippen LogP contribution is -2.03. The topological polar surface area (TPSA) is 45.2 Å². The van der Waals surface area contributed by atoms with Gasteiger partial charge in [-0.05, 0) is 31.2 Å². The number of phenols is 1. The van der Waals surface area contributed by atoms with E-state index >= 15 is 0 Å². The van der Waals surface area contributed by atoms with E-state index in [1.807, 2.05) is 13.0 Å². The van der Waals surface area contributed by atoms with E-state index in [1.54, 1.807) is 24.3 Å². The largest absolute Gasteiger partial charge is 0.508 e. The Bertz CT molecular complexity index is 553.